The molecular weight excluding hydrogens is 333 g/mol. The first-order valence-electron chi connectivity index (χ1n) is 8.83. The molecule has 1 fully saturated rings. The van der Waals surface area contributed by atoms with Crippen molar-refractivity contribution in [3.05, 3.63) is 54.0 Å². The first-order valence-corrected chi connectivity index (χ1v) is 9.60. The van der Waals surface area contributed by atoms with Gasteiger partial charge in [0.05, 0.1) is 0 Å². The van der Waals surface area contributed by atoms with E-state index >= 15 is 0 Å². The Labute approximate surface area is 150 Å². The number of hydrogen-bond donors (Lipinski definition) is 2. The van der Waals surface area contributed by atoms with Gasteiger partial charge in [0.1, 0.15) is 5.82 Å². The van der Waals surface area contributed by atoms with E-state index in [2.05, 4.69) is 32.8 Å². The van der Waals surface area contributed by atoms with Crippen molar-refractivity contribution in [2.24, 2.45) is 0 Å². The maximum absolute atomic E-state index is 13.4. The van der Waals surface area contributed by atoms with E-state index in [1.807, 2.05) is 24.2 Å². The highest BCUT2D eigenvalue weighted by Crippen LogP contribution is 2.41. The number of halogens is 1. The summed E-state index contributed by atoms with van der Waals surface area (Å²) in [6.45, 7) is 3.25. The van der Waals surface area contributed by atoms with Gasteiger partial charge >= 0.3 is 0 Å². The summed E-state index contributed by atoms with van der Waals surface area (Å²) >= 11 is 1.90. The molecular formula is C20H20FN3S. The standard InChI is InChI=1S/C20H20FN3S/c21-15-2-3-17-18(11-23-19(17)10-15)13-1-4-20-14(9-13)12-24(25-20)16-5-7-22-8-6-16/h1-4,9-11,16,22-23H,5-8,12H2. The molecule has 0 spiro atoms. The molecule has 25 heavy (non-hydrogen) atoms. The molecule has 2 aromatic carbocycles. The van der Waals surface area contributed by atoms with E-state index in [-0.39, 0.29) is 5.82 Å². The number of piperidine rings is 1. The molecule has 0 radical (unpaired) electrons. The Morgan fingerprint density at radius 2 is 1.96 bits per heavy atom. The fraction of sp³-hybridized carbons (Fsp3) is 0.300. The van der Waals surface area contributed by atoms with Crippen LogP contribution in [0, 0.1) is 5.82 Å². The Hall–Kier alpha value is -1.82. The van der Waals surface area contributed by atoms with Gasteiger partial charge in [-0.2, -0.15) is 0 Å². The lowest BCUT2D eigenvalue weighted by Gasteiger charge is -2.29. The maximum Gasteiger partial charge on any atom is 0.125 e. The van der Waals surface area contributed by atoms with Crippen LogP contribution in [0.4, 0.5) is 4.39 Å². The molecule has 0 amide bonds. The van der Waals surface area contributed by atoms with Gasteiger partial charge in [0.2, 0.25) is 0 Å². The minimum atomic E-state index is -0.205. The predicted octanol–water partition coefficient (Wildman–Crippen LogP) is 4.55. The lowest BCUT2D eigenvalue weighted by atomic mass is 10.0. The van der Waals surface area contributed by atoms with E-state index in [1.165, 1.54) is 34.9 Å². The number of aromatic nitrogens is 1. The average molecular weight is 353 g/mol. The highest BCUT2D eigenvalue weighted by molar-refractivity contribution is 7.97. The third-order valence-corrected chi connectivity index (χ3v) is 6.53. The Bertz CT molecular complexity index is 930. The van der Waals surface area contributed by atoms with Crippen LogP contribution in [-0.4, -0.2) is 28.4 Å². The molecule has 2 aliphatic heterocycles. The number of fused-ring (bicyclic) bond motifs is 2. The summed E-state index contributed by atoms with van der Waals surface area (Å²) in [5, 5.41) is 4.51. The van der Waals surface area contributed by atoms with E-state index in [0.29, 0.717) is 6.04 Å². The zero-order chi connectivity index (χ0) is 16.8. The molecule has 3 nitrogen and oxygen atoms in total. The van der Waals surface area contributed by atoms with Crippen molar-refractivity contribution >= 4 is 22.9 Å². The molecule has 0 saturated carbocycles. The van der Waals surface area contributed by atoms with Gasteiger partial charge in [-0.1, -0.05) is 6.07 Å². The van der Waals surface area contributed by atoms with Crippen molar-refractivity contribution in [1.29, 1.82) is 0 Å². The van der Waals surface area contributed by atoms with Gasteiger partial charge in [0.25, 0.3) is 0 Å². The molecule has 3 aromatic rings. The third kappa shape index (κ3) is 2.76. The molecule has 0 atom stereocenters. The Kier molecular flexibility index (Phi) is 3.81. The molecule has 5 rings (SSSR count). The second-order valence-corrected chi connectivity index (χ2v) is 7.95. The SMILES string of the molecule is Fc1ccc2c(-c3ccc4c(c3)CN(C3CCNCC3)S4)c[nH]c2c1. The Morgan fingerprint density at radius 1 is 1.08 bits per heavy atom. The van der Waals surface area contributed by atoms with Crippen LogP contribution in [0.5, 0.6) is 0 Å². The van der Waals surface area contributed by atoms with Crippen molar-refractivity contribution < 1.29 is 4.39 Å². The summed E-state index contributed by atoms with van der Waals surface area (Å²) in [5.74, 6) is -0.205. The van der Waals surface area contributed by atoms with Crippen molar-refractivity contribution in [3.8, 4) is 11.1 Å². The number of benzene rings is 2. The van der Waals surface area contributed by atoms with Crippen LogP contribution in [0.2, 0.25) is 0 Å². The highest BCUT2D eigenvalue weighted by atomic mass is 32.2. The van der Waals surface area contributed by atoms with Crippen LogP contribution >= 0.6 is 11.9 Å². The number of hydrogen-bond acceptors (Lipinski definition) is 3. The van der Waals surface area contributed by atoms with Crippen molar-refractivity contribution in [1.82, 2.24) is 14.6 Å². The largest absolute Gasteiger partial charge is 0.360 e. The van der Waals surface area contributed by atoms with Crippen LogP contribution in [0.3, 0.4) is 0 Å². The van der Waals surface area contributed by atoms with Gasteiger partial charge in [-0.3, -0.25) is 0 Å². The lowest BCUT2D eigenvalue weighted by Crippen LogP contribution is -2.38. The van der Waals surface area contributed by atoms with Gasteiger partial charge in [-0.15, -0.1) is 0 Å². The van der Waals surface area contributed by atoms with Crippen LogP contribution in [0.25, 0.3) is 22.0 Å². The fourth-order valence-corrected chi connectivity index (χ4v) is 5.11. The van der Waals surface area contributed by atoms with E-state index < -0.39 is 0 Å². The van der Waals surface area contributed by atoms with Gasteiger partial charge in [0, 0.05) is 40.1 Å². The van der Waals surface area contributed by atoms with E-state index in [0.717, 1.165) is 36.1 Å². The topological polar surface area (TPSA) is 31.1 Å². The molecule has 3 heterocycles. The monoisotopic (exact) mass is 353 g/mol. The number of nitrogens with zero attached hydrogens (tertiary/aromatic N) is 1. The minimum Gasteiger partial charge on any atom is -0.360 e. The molecule has 1 saturated heterocycles. The second-order valence-electron chi connectivity index (χ2n) is 6.86. The molecule has 128 valence electrons. The number of H-pyrrole nitrogens is 1. The molecule has 2 aliphatic rings. The fourth-order valence-electron chi connectivity index (χ4n) is 3.92. The molecule has 0 bridgehead atoms. The summed E-state index contributed by atoms with van der Waals surface area (Å²) in [4.78, 5) is 4.56. The minimum absolute atomic E-state index is 0.205. The van der Waals surface area contributed by atoms with E-state index in [9.17, 15) is 4.39 Å². The lowest BCUT2D eigenvalue weighted by molar-refractivity contribution is 0.283. The Balaban J connectivity index is 1.46. The Morgan fingerprint density at radius 3 is 2.84 bits per heavy atom. The number of nitrogens with one attached hydrogen (secondary N) is 2. The highest BCUT2D eigenvalue weighted by Gasteiger charge is 2.28. The molecule has 5 heteroatoms. The number of rotatable bonds is 2. The first kappa shape index (κ1) is 15.4. The molecule has 2 N–H and O–H groups in total. The molecule has 0 aliphatic carbocycles. The van der Waals surface area contributed by atoms with Gasteiger partial charge in [-0.05, 0) is 79.3 Å². The van der Waals surface area contributed by atoms with Crippen LogP contribution in [-0.2, 0) is 6.54 Å². The van der Waals surface area contributed by atoms with Crippen molar-refractivity contribution in [2.45, 2.75) is 30.3 Å². The zero-order valence-corrected chi connectivity index (χ0v) is 14.7. The smallest absolute Gasteiger partial charge is 0.125 e. The number of aromatic amines is 1. The maximum atomic E-state index is 13.4. The normalized spacial score (nSPS) is 18.8. The van der Waals surface area contributed by atoms with E-state index in [4.69, 9.17) is 0 Å². The van der Waals surface area contributed by atoms with E-state index in [1.54, 1.807) is 6.07 Å². The van der Waals surface area contributed by atoms with Gasteiger partial charge < -0.3 is 10.3 Å². The van der Waals surface area contributed by atoms with Crippen LogP contribution < -0.4 is 5.32 Å². The zero-order valence-electron chi connectivity index (χ0n) is 13.9. The predicted molar refractivity (Wildman–Crippen MR) is 101 cm³/mol. The molecule has 1 aromatic heterocycles. The van der Waals surface area contributed by atoms with Crippen LogP contribution in [0.1, 0.15) is 18.4 Å². The summed E-state index contributed by atoms with van der Waals surface area (Å²) in [6.07, 6.45) is 4.43. The van der Waals surface area contributed by atoms with Crippen molar-refractivity contribution in [2.75, 3.05) is 13.1 Å². The quantitative estimate of drug-likeness (QED) is 0.663. The second kappa shape index (κ2) is 6.16. The van der Waals surface area contributed by atoms with Gasteiger partial charge in [0.15, 0.2) is 0 Å². The summed E-state index contributed by atoms with van der Waals surface area (Å²) in [6, 6.07) is 12.3. The van der Waals surface area contributed by atoms with Gasteiger partial charge in [-0.25, -0.2) is 8.70 Å². The average Bonchev–Trinajstić information content (AvgIpc) is 3.25. The molecule has 0 unspecified atom stereocenters. The van der Waals surface area contributed by atoms with Crippen LogP contribution in [0.15, 0.2) is 47.5 Å². The summed E-state index contributed by atoms with van der Waals surface area (Å²) in [7, 11) is 0. The summed E-state index contributed by atoms with van der Waals surface area (Å²) < 4.78 is 16.0. The third-order valence-electron chi connectivity index (χ3n) is 5.27. The summed E-state index contributed by atoms with van der Waals surface area (Å²) in [5.41, 5.74) is 4.59. The van der Waals surface area contributed by atoms with Crippen molar-refractivity contribution in [3.63, 3.8) is 0 Å². The first-order chi connectivity index (χ1) is 12.3.